The van der Waals surface area contributed by atoms with Crippen LogP contribution in [0, 0.1) is 5.92 Å². The van der Waals surface area contributed by atoms with E-state index in [0.717, 1.165) is 25.0 Å². The van der Waals surface area contributed by atoms with Gasteiger partial charge >= 0.3 is 0 Å². The summed E-state index contributed by atoms with van der Waals surface area (Å²) in [6.45, 7) is 2.65. The van der Waals surface area contributed by atoms with E-state index < -0.39 is 0 Å². The van der Waals surface area contributed by atoms with Crippen LogP contribution in [0.25, 0.3) is 0 Å². The van der Waals surface area contributed by atoms with Crippen LogP contribution in [0.1, 0.15) is 31.9 Å². The Kier molecular flexibility index (Phi) is 4.82. The highest BCUT2D eigenvalue weighted by Gasteiger charge is 2.29. The molecule has 1 aromatic heterocycles. The highest BCUT2D eigenvalue weighted by Crippen LogP contribution is 2.17. The molecule has 20 heavy (non-hydrogen) atoms. The van der Waals surface area contributed by atoms with Gasteiger partial charge in [0.25, 0.3) is 0 Å². The monoisotopic (exact) mass is 278 g/mol. The Balaban J connectivity index is 1.74. The molecule has 1 N–H and O–H groups in total. The first-order chi connectivity index (χ1) is 9.56. The summed E-state index contributed by atoms with van der Waals surface area (Å²) >= 11 is 0. The zero-order valence-corrected chi connectivity index (χ0v) is 12.1. The SMILES string of the molecule is CC(CCc1ccco1)NC(=O)C1CCN(C)C(=O)C1. The minimum absolute atomic E-state index is 0.00149. The van der Waals surface area contributed by atoms with Gasteiger partial charge in [0, 0.05) is 38.4 Å². The standard InChI is InChI=1S/C15H22N2O3/c1-11(5-6-13-4-3-9-20-13)16-15(19)12-7-8-17(2)14(18)10-12/h3-4,9,11-12H,5-8,10H2,1-2H3,(H,16,19). The Hall–Kier alpha value is -1.78. The smallest absolute Gasteiger partial charge is 0.223 e. The van der Waals surface area contributed by atoms with Gasteiger partial charge < -0.3 is 14.6 Å². The van der Waals surface area contributed by atoms with Crippen molar-refractivity contribution in [3.8, 4) is 0 Å². The summed E-state index contributed by atoms with van der Waals surface area (Å²) in [5.41, 5.74) is 0. The molecule has 1 aliphatic heterocycles. The van der Waals surface area contributed by atoms with E-state index in [0.29, 0.717) is 13.0 Å². The third kappa shape index (κ3) is 3.85. The van der Waals surface area contributed by atoms with Crippen molar-refractivity contribution >= 4 is 11.8 Å². The van der Waals surface area contributed by atoms with Gasteiger partial charge in [-0.25, -0.2) is 0 Å². The number of amides is 2. The molecule has 2 atom stereocenters. The minimum atomic E-state index is -0.176. The van der Waals surface area contributed by atoms with Gasteiger partial charge in [-0.05, 0) is 31.9 Å². The van der Waals surface area contributed by atoms with E-state index in [1.807, 2.05) is 19.1 Å². The fourth-order valence-corrected chi connectivity index (χ4v) is 2.41. The predicted molar refractivity (Wildman–Crippen MR) is 75.0 cm³/mol. The molecule has 0 radical (unpaired) electrons. The van der Waals surface area contributed by atoms with E-state index in [-0.39, 0.29) is 23.8 Å². The summed E-state index contributed by atoms with van der Waals surface area (Å²) in [6, 6.07) is 3.88. The lowest BCUT2D eigenvalue weighted by Crippen LogP contribution is -2.44. The molecule has 1 saturated heterocycles. The number of carbonyl (C=O) groups is 2. The van der Waals surface area contributed by atoms with Crippen molar-refractivity contribution in [3.05, 3.63) is 24.2 Å². The fraction of sp³-hybridized carbons (Fsp3) is 0.600. The zero-order valence-electron chi connectivity index (χ0n) is 12.1. The molecule has 2 rings (SSSR count). The van der Waals surface area contributed by atoms with Gasteiger partial charge in [0.15, 0.2) is 0 Å². The first-order valence-electron chi connectivity index (χ1n) is 7.13. The van der Waals surface area contributed by atoms with Crippen molar-refractivity contribution in [1.29, 1.82) is 0 Å². The molecule has 2 amide bonds. The number of nitrogens with zero attached hydrogens (tertiary/aromatic N) is 1. The van der Waals surface area contributed by atoms with Gasteiger partial charge in [-0.1, -0.05) is 0 Å². The Bertz CT molecular complexity index is 456. The average molecular weight is 278 g/mol. The maximum Gasteiger partial charge on any atom is 0.223 e. The fourth-order valence-electron chi connectivity index (χ4n) is 2.41. The molecule has 0 aromatic carbocycles. The van der Waals surface area contributed by atoms with Gasteiger partial charge in [0.05, 0.1) is 6.26 Å². The van der Waals surface area contributed by atoms with Gasteiger partial charge in [-0.2, -0.15) is 0 Å². The van der Waals surface area contributed by atoms with Crippen LogP contribution in [-0.4, -0.2) is 36.3 Å². The maximum atomic E-state index is 12.1. The molecule has 1 aliphatic rings. The van der Waals surface area contributed by atoms with Crippen LogP contribution in [0.3, 0.4) is 0 Å². The first-order valence-corrected chi connectivity index (χ1v) is 7.13. The summed E-state index contributed by atoms with van der Waals surface area (Å²) < 4.78 is 5.27. The number of furan rings is 1. The highest BCUT2D eigenvalue weighted by atomic mass is 16.3. The Morgan fingerprint density at radius 2 is 2.40 bits per heavy atom. The van der Waals surface area contributed by atoms with E-state index in [1.165, 1.54) is 0 Å². The van der Waals surface area contributed by atoms with Gasteiger partial charge in [-0.3, -0.25) is 9.59 Å². The summed E-state index contributed by atoms with van der Waals surface area (Å²) in [4.78, 5) is 25.4. The molecule has 1 aromatic rings. The Labute approximate surface area is 119 Å². The predicted octanol–water partition coefficient (Wildman–Crippen LogP) is 1.59. The average Bonchev–Trinajstić information content (AvgIpc) is 2.92. The summed E-state index contributed by atoms with van der Waals surface area (Å²) in [7, 11) is 1.78. The van der Waals surface area contributed by atoms with Crippen LogP contribution in [0.15, 0.2) is 22.8 Å². The molecule has 1 fully saturated rings. The number of nitrogens with one attached hydrogen (secondary N) is 1. The molecule has 0 spiro atoms. The lowest BCUT2D eigenvalue weighted by molar-refractivity contribution is -0.139. The zero-order chi connectivity index (χ0) is 14.5. The molecule has 5 heteroatoms. The quantitative estimate of drug-likeness (QED) is 0.889. The summed E-state index contributed by atoms with van der Waals surface area (Å²) in [5.74, 6) is 0.809. The Morgan fingerprint density at radius 1 is 1.60 bits per heavy atom. The number of aryl methyl sites for hydroxylation is 1. The summed E-state index contributed by atoms with van der Waals surface area (Å²) in [5, 5.41) is 3.00. The lowest BCUT2D eigenvalue weighted by atomic mass is 9.95. The molecule has 110 valence electrons. The molecular weight excluding hydrogens is 256 g/mol. The minimum Gasteiger partial charge on any atom is -0.469 e. The maximum absolute atomic E-state index is 12.1. The lowest BCUT2D eigenvalue weighted by Gasteiger charge is -2.28. The highest BCUT2D eigenvalue weighted by molar-refractivity contribution is 5.86. The molecule has 0 bridgehead atoms. The van der Waals surface area contributed by atoms with Crippen LogP contribution < -0.4 is 5.32 Å². The van der Waals surface area contributed by atoms with E-state index in [1.54, 1.807) is 18.2 Å². The first kappa shape index (κ1) is 14.6. The van der Waals surface area contributed by atoms with E-state index in [4.69, 9.17) is 4.42 Å². The van der Waals surface area contributed by atoms with Crippen LogP contribution in [0.2, 0.25) is 0 Å². The van der Waals surface area contributed by atoms with Crippen molar-refractivity contribution in [2.24, 2.45) is 5.92 Å². The number of likely N-dealkylation sites (tertiary alicyclic amines) is 1. The normalized spacial score (nSPS) is 20.8. The molecule has 0 aliphatic carbocycles. The van der Waals surface area contributed by atoms with Crippen LogP contribution in [-0.2, 0) is 16.0 Å². The number of hydrogen-bond donors (Lipinski definition) is 1. The number of piperidine rings is 1. The van der Waals surface area contributed by atoms with Crippen molar-refractivity contribution in [2.75, 3.05) is 13.6 Å². The van der Waals surface area contributed by atoms with E-state index >= 15 is 0 Å². The molecule has 2 heterocycles. The summed E-state index contributed by atoms with van der Waals surface area (Å²) in [6.07, 6.45) is 4.37. The van der Waals surface area contributed by atoms with Gasteiger partial charge in [-0.15, -0.1) is 0 Å². The van der Waals surface area contributed by atoms with E-state index in [2.05, 4.69) is 5.32 Å². The number of rotatable bonds is 5. The van der Waals surface area contributed by atoms with Crippen molar-refractivity contribution in [3.63, 3.8) is 0 Å². The molecular formula is C15H22N2O3. The van der Waals surface area contributed by atoms with Crippen molar-refractivity contribution in [1.82, 2.24) is 10.2 Å². The van der Waals surface area contributed by atoms with Crippen LogP contribution >= 0.6 is 0 Å². The van der Waals surface area contributed by atoms with Crippen LogP contribution in [0.4, 0.5) is 0 Å². The third-order valence-electron chi connectivity index (χ3n) is 3.82. The number of hydrogen-bond acceptors (Lipinski definition) is 3. The second kappa shape index (κ2) is 6.59. The van der Waals surface area contributed by atoms with Gasteiger partial charge in [0.1, 0.15) is 5.76 Å². The number of carbonyl (C=O) groups excluding carboxylic acids is 2. The van der Waals surface area contributed by atoms with Crippen LogP contribution in [0.5, 0.6) is 0 Å². The molecule has 5 nitrogen and oxygen atoms in total. The molecule has 0 saturated carbocycles. The molecule has 2 unspecified atom stereocenters. The van der Waals surface area contributed by atoms with Crippen molar-refractivity contribution < 1.29 is 14.0 Å². The van der Waals surface area contributed by atoms with E-state index in [9.17, 15) is 9.59 Å². The third-order valence-corrected chi connectivity index (χ3v) is 3.82. The largest absolute Gasteiger partial charge is 0.469 e. The Morgan fingerprint density at radius 3 is 3.05 bits per heavy atom. The second-order valence-electron chi connectivity index (χ2n) is 5.53. The van der Waals surface area contributed by atoms with Crippen molar-refractivity contribution in [2.45, 2.75) is 38.6 Å². The topological polar surface area (TPSA) is 62.6 Å². The van der Waals surface area contributed by atoms with Gasteiger partial charge in [0.2, 0.25) is 11.8 Å². The second-order valence-corrected chi connectivity index (χ2v) is 5.53.